The van der Waals surface area contributed by atoms with Gasteiger partial charge in [-0.25, -0.2) is 0 Å². The number of aryl methyl sites for hydroxylation is 1. The molecular formula is C16H21N3O3. The maximum Gasteiger partial charge on any atom is 0.237 e. The summed E-state index contributed by atoms with van der Waals surface area (Å²) in [5.41, 5.74) is 7.06. The zero-order chi connectivity index (χ0) is 16.3. The molecule has 0 spiro atoms. The van der Waals surface area contributed by atoms with Gasteiger partial charge in [-0.15, -0.1) is 0 Å². The van der Waals surface area contributed by atoms with Gasteiger partial charge in [0.25, 0.3) is 0 Å². The third-order valence-electron chi connectivity index (χ3n) is 3.87. The molecule has 6 nitrogen and oxygen atoms in total. The summed E-state index contributed by atoms with van der Waals surface area (Å²) in [6, 6.07) is 7.76. The Morgan fingerprint density at radius 3 is 2.77 bits per heavy atom. The molecule has 0 unspecified atom stereocenters. The van der Waals surface area contributed by atoms with Gasteiger partial charge in [0.1, 0.15) is 0 Å². The molecule has 3 amide bonds. The summed E-state index contributed by atoms with van der Waals surface area (Å²) < 4.78 is 0. The van der Waals surface area contributed by atoms with E-state index in [1.807, 2.05) is 24.3 Å². The summed E-state index contributed by atoms with van der Waals surface area (Å²) in [5.74, 6) is -1.28. The summed E-state index contributed by atoms with van der Waals surface area (Å²) in [5, 5.41) is 0. The van der Waals surface area contributed by atoms with E-state index in [0.717, 1.165) is 17.7 Å². The van der Waals surface area contributed by atoms with Gasteiger partial charge in [-0.05, 0) is 24.1 Å². The first-order valence-corrected chi connectivity index (χ1v) is 7.35. The third kappa shape index (κ3) is 3.44. The van der Waals surface area contributed by atoms with Gasteiger partial charge in [-0.2, -0.15) is 0 Å². The fourth-order valence-electron chi connectivity index (χ4n) is 2.69. The lowest BCUT2D eigenvalue weighted by Crippen LogP contribution is -2.39. The quantitative estimate of drug-likeness (QED) is 0.862. The van der Waals surface area contributed by atoms with Crippen LogP contribution in [0.2, 0.25) is 0 Å². The number of benzene rings is 1. The number of nitrogens with zero attached hydrogens (tertiary/aromatic N) is 2. The number of nitrogens with two attached hydrogens (primary N) is 1. The Morgan fingerprint density at radius 1 is 1.41 bits per heavy atom. The second-order valence-electron chi connectivity index (χ2n) is 5.59. The Kier molecular flexibility index (Phi) is 4.80. The van der Waals surface area contributed by atoms with Gasteiger partial charge >= 0.3 is 0 Å². The first kappa shape index (κ1) is 16.0. The van der Waals surface area contributed by atoms with Gasteiger partial charge in [-0.1, -0.05) is 19.1 Å². The van der Waals surface area contributed by atoms with Crippen molar-refractivity contribution in [2.24, 2.45) is 11.7 Å². The van der Waals surface area contributed by atoms with Crippen molar-refractivity contribution in [2.75, 3.05) is 25.0 Å². The normalized spacial score (nSPS) is 17.6. The van der Waals surface area contributed by atoms with Crippen molar-refractivity contribution in [3.63, 3.8) is 0 Å². The number of carbonyl (C=O) groups is 3. The number of hydrogen-bond acceptors (Lipinski definition) is 3. The zero-order valence-corrected chi connectivity index (χ0v) is 12.9. The van der Waals surface area contributed by atoms with Crippen LogP contribution in [0.1, 0.15) is 18.9 Å². The highest BCUT2D eigenvalue weighted by atomic mass is 16.2. The highest BCUT2D eigenvalue weighted by molar-refractivity contribution is 6.00. The van der Waals surface area contributed by atoms with E-state index in [4.69, 9.17) is 5.73 Å². The summed E-state index contributed by atoms with van der Waals surface area (Å²) in [7, 11) is 1.53. The first-order chi connectivity index (χ1) is 10.4. The molecule has 1 atom stereocenters. The van der Waals surface area contributed by atoms with Crippen LogP contribution in [0.15, 0.2) is 24.3 Å². The van der Waals surface area contributed by atoms with Crippen LogP contribution in [0, 0.1) is 5.92 Å². The molecule has 1 aromatic carbocycles. The highest BCUT2D eigenvalue weighted by Gasteiger charge is 2.36. The minimum atomic E-state index is -0.562. The highest BCUT2D eigenvalue weighted by Crippen LogP contribution is 2.26. The van der Waals surface area contributed by atoms with E-state index in [2.05, 4.69) is 6.92 Å². The van der Waals surface area contributed by atoms with Gasteiger partial charge in [0, 0.05) is 25.7 Å². The Balaban J connectivity index is 2.10. The average molecular weight is 303 g/mol. The van der Waals surface area contributed by atoms with Crippen LogP contribution in [0.4, 0.5) is 5.69 Å². The lowest BCUT2D eigenvalue weighted by molar-refractivity contribution is -0.137. The van der Waals surface area contributed by atoms with Crippen molar-refractivity contribution in [3.05, 3.63) is 29.8 Å². The van der Waals surface area contributed by atoms with Crippen LogP contribution >= 0.6 is 0 Å². The van der Waals surface area contributed by atoms with Crippen LogP contribution in [-0.4, -0.2) is 42.8 Å². The second kappa shape index (κ2) is 6.60. The number of anilines is 1. The largest absolute Gasteiger partial charge is 0.368 e. The van der Waals surface area contributed by atoms with Crippen molar-refractivity contribution in [3.8, 4) is 0 Å². The summed E-state index contributed by atoms with van der Waals surface area (Å²) in [6.45, 7) is 2.26. The molecule has 1 aromatic rings. The zero-order valence-electron chi connectivity index (χ0n) is 12.9. The predicted molar refractivity (Wildman–Crippen MR) is 83.1 cm³/mol. The lowest BCUT2D eigenvalue weighted by atomic mass is 10.1. The van der Waals surface area contributed by atoms with Crippen LogP contribution in [0.3, 0.4) is 0 Å². The molecule has 0 aromatic heterocycles. The van der Waals surface area contributed by atoms with E-state index in [9.17, 15) is 14.4 Å². The Labute approximate surface area is 129 Å². The molecule has 2 rings (SSSR count). The molecule has 6 heteroatoms. The average Bonchev–Trinajstić information content (AvgIpc) is 2.87. The monoisotopic (exact) mass is 303 g/mol. The standard InChI is InChI=1S/C16H21N3O3/c1-3-11-5-4-6-13(7-11)19-9-12(8-15(19)21)16(22)18(2)10-14(17)20/h4-7,12H,3,8-10H2,1-2H3,(H2,17,20)/t12-/m1/s1. The maximum absolute atomic E-state index is 12.3. The third-order valence-corrected chi connectivity index (χ3v) is 3.87. The van der Waals surface area contributed by atoms with Crippen LogP contribution in [0.25, 0.3) is 0 Å². The van der Waals surface area contributed by atoms with Gasteiger partial charge in [0.15, 0.2) is 0 Å². The number of likely N-dealkylation sites (N-methyl/N-ethyl adjacent to an activating group) is 1. The first-order valence-electron chi connectivity index (χ1n) is 7.35. The van der Waals surface area contributed by atoms with Gasteiger partial charge < -0.3 is 15.5 Å². The molecule has 0 saturated carbocycles. The molecule has 1 heterocycles. The molecule has 0 aliphatic carbocycles. The Bertz CT molecular complexity index is 600. The van der Waals surface area contributed by atoms with Crippen molar-refractivity contribution in [2.45, 2.75) is 19.8 Å². The van der Waals surface area contributed by atoms with E-state index in [-0.39, 0.29) is 24.8 Å². The van der Waals surface area contributed by atoms with Crippen LogP contribution in [-0.2, 0) is 20.8 Å². The smallest absolute Gasteiger partial charge is 0.237 e. The minimum Gasteiger partial charge on any atom is -0.368 e. The molecule has 22 heavy (non-hydrogen) atoms. The van der Waals surface area contributed by atoms with Gasteiger partial charge in [-0.3, -0.25) is 14.4 Å². The summed E-state index contributed by atoms with van der Waals surface area (Å²) >= 11 is 0. The van der Waals surface area contributed by atoms with Gasteiger partial charge in [0.05, 0.1) is 12.5 Å². The Hall–Kier alpha value is -2.37. The molecule has 0 radical (unpaired) electrons. The molecule has 1 aliphatic rings. The van der Waals surface area contributed by atoms with Crippen molar-refractivity contribution in [1.82, 2.24) is 4.90 Å². The molecule has 1 saturated heterocycles. The maximum atomic E-state index is 12.3. The summed E-state index contributed by atoms with van der Waals surface area (Å²) in [6.07, 6.45) is 1.05. The molecule has 2 N–H and O–H groups in total. The topological polar surface area (TPSA) is 83.7 Å². The fraction of sp³-hybridized carbons (Fsp3) is 0.438. The number of primary amides is 1. The number of hydrogen-bond donors (Lipinski definition) is 1. The van der Waals surface area contributed by atoms with E-state index < -0.39 is 11.8 Å². The molecular weight excluding hydrogens is 282 g/mol. The van der Waals surface area contributed by atoms with E-state index in [1.54, 1.807) is 4.90 Å². The summed E-state index contributed by atoms with van der Waals surface area (Å²) in [4.78, 5) is 38.3. The minimum absolute atomic E-state index is 0.0703. The van der Waals surface area contributed by atoms with Crippen molar-refractivity contribution >= 4 is 23.4 Å². The van der Waals surface area contributed by atoms with Crippen LogP contribution < -0.4 is 10.6 Å². The van der Waals surface area contributed by atoms with E-state index in [0.29, 0.717) is 6.54 Å². The number of amides is 3. The fourth-order valence-corrected chi connectivity index (χ4v) is 2.69. The SMILES string of the molecule is CCc1cccc(N2C[C@H](C(=O)N(C)CC(N)=O)CC2=O)c1. The molecule has 1 aliphatic heterocycles. The van der Waals surface area contributed by atoms with Crippen molar-refractivity contribution < 1.29 is 14.4 Å². The molecule has 1 fully saturated rings. The van der Waals surface area contributed by atoms with Crippen molar-refractivity contribution in [1.29, 1.82) is 0 Å². The number of carbonyl (C=O) groups excluding carboxylic acids is 3. The second-order valence-corrected chi connectivity index (χ2v) is 5.59. The number of rotatable bonds is 5. The van der Waals surface area contributed by atoms with E-state index in [1.165, 1.54) is 11.9 Å². The van der Waals surface area contributed by atoms with Gasteiger partial charge in [0.2, 0.25) is 17.7 Å². The predicted octanol–water partition coefficient (Wildman–Crippen LogP) is 0.546. The Morgan fingerprint density at radius 2 is 2.14 bits per heavy atom. The molecule has 118 valence electrons. The lowest BCUT2D eigenvalue weighted by Gasteiger charge is -2.20. The van der Waals surface area contributed by atoms with E-state index >= 15 is 0 Å². The van der Waals surface area contributed by atoms with Crippen LogP contribution in [0.5, 0.6) is 0 Å². The molecule has 0 bridgehead atoms.